The van der Waals surface area contributed by atoms with Crippen molar-refractivity contribution in [2.75, 3.05) is 6.61 Å². The summed E-state index contributed by atoms with van der Waals surface area (Å²) in [4.78, 5) is 10.2. The van der Waals surface area contributed by atoms with Crippen LogP contribution < -0.4 is 0 Å². The second kappa shape index (κ2) is 12.7. The van der Waals surface area contributed by atoms with Crippen LogP contribution in [0.3, 0.4) is 0 Å². The molecule has 7 aromatic rings. The molecule has 6 heteroatoms. The van der Waals surface area contributed by atoms with Crippen molar-refractivity contribution in [3.8, 4) is 11.4 Å². The maximum Gasteiger partial charge on any atom is 2.00 e. The molecular weight excluding hydrogens is 820 g/mol. The SMILES string of the molecule is Cc1ccc2c(c1)c1ccc(-n3c4ccc(C(C)(C)C)cc4c4cccnc43)[c-]c1n2-c1[c-]c(C2=N[C@](C)(C3CCCC3)CO2)cc(C(C)C)c1.[Pt+2]. The van der Waals surface area contributed by atoms with E-state index in [0.717, 1.165) is 55.8 Å². The molecule has 0 bridgehead atoms. The van der Waals surface area contributed by atoms with Gasteiger partial charge in [-0.15, -0.1) is 41.3 Å². The molecule has 1 saturated carbocycles. The van der Waals surface area contributed by atoms with E-state index in [2.05, 4.69) is 136 Å². The number of fused-ring (bicyclic) bond motifs is 6. The van der Waals surface area contributed by atoms with E-state index in [-0.39, 0.29) is 32.0 Å². The number of aromatic nitrogens is 3. The number of rotatable bonds is 5. The van der Waals surface area contributed by atoms with E-state index < -0.39 is 0 Å². The number of ether oxygens (including phenoxy) is 1. The summed E-state index contributed by atoms with van der Waals surface area (Å²) in [6.07, 6.45) is 6.93. The molecule has 5 nitrogen and oxygen atoms in total. The van der Waals surface area contributed by atoms with E-state index in [1.807, 2.05) is 12.3 Å². The number of hydrogen-bond donors (Lipinski definition) is 0. The Morgan fingerprint density at radius 2 is 1.58 bits per heavy atom. The minimum Gasteiger partial charge on any atom is -0.518 e. The summed E-state index contributed by atoms with van der Waals surface area (Å²) in [5.74, 6) is 1.61. The molecule has 0 amide bonds. The van der Waals surface area contributed by atoms with Gasteiger partial charge in [0.15, 0.2) is 0 Å². The average Bonchev–Trinajstić information content (AvgIpc) is 3.91. The fourth-order valence-electron chi connectivity index (χ4n) is 8.53. The maximum atomic E-state index is 6.44. The van der Waals surface area contributed by atoms with Crippen LogP contribution in [0.5, 0.6) is 0 Å². The first-order chi connectivity index (χ1) is 24.5. The summed E-state index contributed by atoms with van der Waals surface area (Å²) in [5.41, 5.74) is 10.7. The molecule has 1 aliphatic heterocycles. The van der Waals surface area contributed by atoms with Gasteiger partial charge in [0.05, 0.1) is 11.1 Å². The second-order valence-corrected chi connectivity index (χ2v) is 16.6. The molecule has 0 spiro atoms. The molecular formula is C46H46N4OPt. The molecule has 0 saturated heterocycles. The van der Waals surface area contributed by atoms with Crippen molar-refractivity contribution in [1.82, 2.24) is 14.1 Å². The van der Waals surface area contributed by atoms with Crippen molar-refractivity contribution in [3.63, 3.8) is 0 Å². The first-order valence-corrected chi connectivity index (χ1v) is 18.7. The van der Waals surface area contributed by atoms with Crippen LogP contribution in [0.2, 0.25) is 0 Å². The summed E-state index contributed by atoms with van der Waals surface area (Å²) in [7, 11) is 0. The molecule has 3 aromatic heterocycles. The minimum absolute atomic E-state index is 0. The van der Waals surface area contributed by atoms with Gasteiger partial charge in [0, 0.05) is 22.5 Å². The zero-order valence-electron chi connectivity index (χ0n) is 31.2. The zero-order valence-corrected chi connectivity index (χ0v) is 33.5. The third-order valence-corrected chi connectivity index (χ3v) is 11.6. The topological polar surface area (TPSA) is 44.3 Å². The Morgan fingerprint density at radius 3 is 2.35 bits per heavy atom. The molecule has 266 valence electrons. The molecule has 1 atom stereocenters. The number of benzene rings is 4. The van der Waals surface area contributed by atoms with E-state index in [1.165, 1.54) is 53.1 Å². The van der Waals surface area contributed by atoms with Crippen molar-refractivity contribution < 1.29 is 25.8 Å². The van der Waals surface area contributed by atoms with Crippen molar-refractivity contribution >= 4 is 49.6 Å². The quantitative estimate of drug-likeness (QED) is 0.162. The molecule has 9 rings (SSSR count). The Kier molecular flexibility index (Phi) is 8.53. The van der Waals surface area contributed by atoms with Crippen LogP contribution in [-0.2, 0) is 31.2 Å². The number of aryl methyl sites for hydroxylation is 1. The van der Waals surface area contributed by atoms with Gasteiger partial charge in [-0.2, -0.15) is 6.07 Å². The van der Waals surface area contributed by atoms with Crippen molar-refractivity contribution in [2.45, 2.75) is 91.0 Å². The van der Waals surface area contributed by atoms with Crippen LogP contribution in [-0.4, -0.2) is 32.2 Å². The van der Waals surface area contributed by atoms with Gasteiger partial charge >= 0.3 is 21.1 Å². The molecule has 4 heterocycles. The summed E-state index contributed by atoms with van der Waals surface area (Å²) in [6.45, 7) is 16.4. The molecule has 1 aliphatic carbocycles. The van der Waals surface area contributed by atoms with Crippen LogP contribution in [0, 0.1) is 25.0 Å². The fraction of sp³-hybridized carbons (Fsp3) is 0.348. The predicted octanol–water partition coefficient (Wildman–Crippen LogP) is 11.3. The minimum atomic E-state index is -0.176. The Balaban J connectivity index is 0.00000387. The molecule has 0 radical (unpaired) electrons. The summed E-state index contributed by atoms with van der Waals surface area (Å²) >= 11 is 0. The van der Waals surface area contributed by atoms with Gasteiger partial charge < -0.3 is 13.9 Å². The van der Waals surface area contributed by atoms with Gasteiger partial charge in [0.2, 0.25) is 0 Å². The number of aliphatic imine (C=N–C) groups is 1. The summed E-state index contributed by atoms with van der Waals surface area (Å²) in [6, 6.07) is 34.5. The first-order valence-electron chi connectivity index (χ1n) is 18.7. The van der Waals surface area contributed by atoms with Gasteiger partial charge in [-0.1, -0.05) is 88.0 Å². The number of pyridine rings is 1. The third-order valence-electron chi connectivity index (χ3n) is 11.6. The van der Waals surface area contributed by atoms with Gasteiger partial charge in [0.25, 0.3) is 0 Å². The molecule has 0 N–H and O–H groups in total. The van der Waals surface area contributed by atoms with Gasteiger partial charge in [0.1, 0.15) is 18.2 Å². The molecule has 0 unspecified atom stereocenters. The molecule has 2 aliphatic rings. The maximum absolute atomic E-state index is 6.44. The van der Waals surface area contributed by atoms with Crippen molar-refractivity contribution in [3.05, 3.63) is 113 Å². The predicted molar refractivity (Wildman–Crippen MR) is 211 cm³/mol. The fourth-order valence-corrected chi connectivity index (χ4v) is 8.53. The van der Waals surface area contributed by atoms with Crippen LogP contribution in [0.15, 0.2) is 84.0 Å². The van der Waals surface area contributed by atoms with E-state index in [9.17, 15) is 0 Å². The van der Waals surface area contributed by atoms with Crippen LogP contribution in [0.4, 0.5) is 0 Å². The average molecular weight is 866 g/mol. The van der Waals surface area contributed by atoms with Gasteiger partial charge in [-0.05, 0) is 90.9 Å². The molecule has 1 fully saturated rings. The summed E-state index contributed by atoms with van der Waals surface area (Å²) in [5, 5.41) is 4.72. The number of nitrogens with zero attached hydrogens (tertiary/aromatic N) is 4. The van der Waals surface area contributed by atoms with Crippen LogP contribution in [0.1, 0.15) is 95.4 Å². The molecule has 4 aromatic carbocycles. The van der Waals surface area contributed by atoms with E-state index >= 15 is 0 Å². The van der Waals surface area contributed by atoms with E-state index in [4.69, 9.17) is 14.7 Å². The second-order valence-electron chi connectivity index (χ2n) is 16.6. The zero-order chi connectivity index (χ0) is 35.2. The third kappa shape index (κ3) is 5.62. The Bertz CT molecular complexity index is 2540. The molecule has 52 heavy (non-hydrogen) atoms. The first kappa shape index (κ1) is 34.9. The van der Waals surface area contributed by atoms with Crippen LogP contribution in [0.25, 0.3) is 55.1 Å². The van der Waals surface area contributed by atoms with Gasteiger partial charge in [-0.25, -0.2) is 4.98 Å². The van der Waals surface area contributed by atoms with Crippen LogP contribution >= 0.6 is 0 Å². The van der Waals surface area contributed by atoms with Gasteiger partial charge in [-0.3, -0.25) is 4.99 Å². The Morgan fingerprint density at radius 1 is 0.827 bits per heavy atom. The normalized spacial score (nSPS) is 18.2. The standard InChI is InChI=1S/C46H46N4O.Pt/c1-28(2)30-22-31(44-48-46(7,27-51-44)32-11-8-9-12-32)24-35(23-30)49-40-18-14-29(3)21-38(40)36-17-16-34(26-42(36)49)50-41-19-15-33(45(4,5)6)25-39(41)37-13-10-20-47-43(37)50;/h10,13-23,25,28,32H,8-9,11-12,27H2,1-7H3;/q-2;+2/t46-;/m0./s1. The number of hydrogen-bond acceptors (Lipinski definition) is 3. The smallest absolute Gasteiger partial charge is 0.518 e. The Labute approximate surface area is 321 Å². The Hall–Kier alpha value is -4.21. The van der Waals surface area contributed by atoms with E-state index in [0.29, 0.717) is 18.4 Å². The summed E-state index contributed by atoms with van der Waals surface area (Å²) < 4.78 is 11.0. The van der Waals surface area contributed by atoms with E-state index in [1.54, 1.807) is 0 Å². The van der Waals surface area contributed by atoms with Crippen molar-refractivity contribution in [2.24, 2.45) is 10.9 Å². The largest absolute Gasteiger partial charge is 2.00 e. The van der Waals surface area contributed by atoms with Crippen molar-refractivity contribution in [1.29, 1.82) is 0 Å². The monoisotopic (exact) mass is 865 g/mol.